The Bertz CT molecular complexity index is 791. The van der Waals surface area contributed by atoms with Gasteiger partial charge in [0.1, 0.15) is 11.5 Å². The summed E-state index contributed by atoms with van der Waals surface area (Å²) < 4.78 is 11.0. The number of nitro benzene ring substituents is 1. The van der Waals surface area contributed by atoms with E-state index in [2.05, 4.69) is 12.2 Å². The summed E-state index contributed by atoms with van der Waals surface area (Å²) in [4.78, 5) is 23.3. The molecule has 1 N–H and O–H groups in total. The third kappa shape index (κ3) is 7.08. The van der Waals surface area contributed by atoms with Gasteiger partial charge in [-0.1, -0.05) is 19.1 Å². The van der Waals surface area contributed by atoms with Crippen LogP contribution in [0.2, 0.25) is 0 Å². The molecule has 8 nitrogen and oxygen atoms in total. The lowest BCUT2D eigenvalue weighted by Crippen LogP contribution is -2.25. The van der Waals surface area contributed by atoms with Crippen LogP contribution in [0.5, 0.6) is 11.5 Å². The standard InChI is InChI=1S/C21H27N3O5/c1-4-14-22-20(13-15-28-18-11-7-17(8-12-18)24(26)27)16-5-9-19(10-6-16)29-21(25)23(2)3/h5-12,20,22H,4,13-15H2,1-3H3. The van der Waals surface area contributed by atoms with Crippen LogP contribution in [-0.2, 0) is 0 Å². The van der Waals surface area contributed by atoms with E-state index in [1.807, 2.05) is 12.1 Å². The summed E-state index contributed by atoms with van der Waals surface area (Å²) in [5, 5.41) is 14.2. The molecule has 0 heterocycles. The maximum Gasteiger partial charge on any atom is 0.414 e. The van der Waals surface area contributed by atoms with Gasteiger partial charge in [0, 0.05) is 38.7 Å². The first-order chi connectivity index (χ1) is 13.9. The molecule has 0 bridgehead atoms. The minimum atomic E-state index is -0.437. The highest BCUT2D eigenvalue weighted by molar-refractivity contribution is 5.69. The smallest absolute Gasteiger partial charge is 0.414 e. The molecule has 1 amide bonds. The number of rotatable bonds is 10. The van der Waals surface area contributed by atoms with Crippen molar-refractivity contribution in [3.05, 3.63) is 64.2 Å². The van der Waals surface area contributed by atoms with Crippen LogP contribution in [0.25, 0.3) is 0 Å². The van der Waals surface area contributed by atoms with Gasteiger partial charge in [-0.2, -0.15) is 0 Å². The van der Waals surface area contributed by atoms with Crippen LogP contribution in [-0.4, -0.2) is 43.2 Å². The van der Waals surface area contributed by atoms with Crippen molar-refractivity contribution in [1.29, 1.82) is 0 Å². The molecule has 2 aromatic rings. The molecule has 0 saturated carbocycles. The van der Waals surface area contributed by atoms with Crippen LogP contribution in [0.4, 0.5) is 10.5 Å². The Kier molecular flexibility index (Phi) is 8.42. The molecule has 156 valence electrons. The van der Waals surface area contributed by atoms with Gasteiger partial charge in [-0.05, 0) is 42.8 Å². The number of non-ortho nitro benzene ring substituents is 1. The van der Waals surface area contributed by atoms with E-state index < -0.39 is 11.0 Å². The summed E-state index contributed by atoms with van der Waals surface area (Å²) >= 11 is 0. The van der Waals surface area contributed by atoms with E-state index >= 15 is 0 Å². The van der Waals surface area contributed by atoms with Crippen molar-refractivity contribution in [3.63, 3.8) is 0 Å². The average molecular weight is 401 g/mol. The van der Waals surface area contributed by atoms with E-state index in [1.54, 1.807) is 38.4 Å². The molecular formula is C21H27N3O5. The highest BCUT2D eigenvalue weighted by Gasteiger charge is 2.13. The number of amides is 1. The second-order valence-corrected chi connectivity index (χ2v) is 6.73. The molecule has 29 heavy (non-hydrogen) atoms. The van der Waals surface area contributed by atoms with Crippen molar-refractivity contribution < 1.29 is 19.2 Å². The van der Waals surface area contributed by atoms with Crippen LogP contribution in [0.1, 0.15) is 31.4 Å². The molecule has 0 aromatic heterocycles. The average Bonchev–Trinajstić information content (AvgIpc) is 2.71. The lowest BCUT2D eigenvalue weighted by atomic mass is 10.0. The molecule has 8 heteroatoms. The Morgan fingerprint density at radius 3 is 2.28 bits per heavy atom. The second kappa shape index (κ2) is 11.0. The molecular weight excluding hydrogens is 374 g/mol. The number of nitrogens with zero attached hydrogens (tertiary/aromatic N) is 2. The van der Waals surface area contributed by atoms with Crippen molar-refractivity contribution in [2.45, 2.75) is 25.8 Å². The van der Waals surface area contributed by atoms with Gasteiger partial charge in [0.05, 0.1) is 11.5 Å². The number of ether oxygens (including phenoxy) is 2. The van der Waals surface area contributed by atoms with E-state index in [9.17, 15) is 14.9 Å². The van der Waals surface area contributed by atoms with E-state index in [0.717, 1.165) is 18.5 Å². The van der Waals surface area contributed by atoms with Gasteiger partial charge in [-0.15, -0.1) is 0 Å². The Morgan fingerprint density at radius 1 is 1.10 bits per heavy atom. The number of benzene rings is 2. The summed E-state index contributed by atoms with van der Waals surface area (Å²) in [6.45, 7) is 3.41. The van der Waals surface area contributed by atoms with Gasteiger partial charge in [0.2, 0.25) is 0 Å². The van der Waals surface area contributed by atoms with E-state index in [1.165, 1.54) is 17.0 Å². The minimum Gasteiger partial charge on any atom is -0.494 e. The first-order valence-corrected chi connectivity index (χ1v) is 9.50. The first-order valence-electron chi connectivity index (χ1n) is 9.50. The molecule has 0 saturated heterocycles. The predicted octanol–water partition coefficient (Wildman–Crippen LogP) is 4.17. The summed E-state index contributed by atoms with van der Waals surface area (Å²) in [5.41, 5.74) is 1.10. The predicted molar refractivity (Wildman–Crippen MR) is 110 cm³/mol. The molecule has 1 unspecified atom stereocenters. The maximum absolute atomic E-state index is 11.6. The Balaban J connectivity index is 1.95. The van der Waals surface area contributed by atoms with Crippen LogP contribution in [0.15, 0.2) is 48.5 Å². The van der Waals surface area contributed by atoms with E-state index in [0.29, 0.717) is 24.5 Å². The normalized spacial score (nSPS) is 11.6. The van der Waals surface area contributed by atoms with Crippen LogP contribution >= 0.6 is 0 Å². The van der Waals surface area contributed by atoms with Crippen LogP contribution < -0.4 is 14.8 Å². The molecule has 2 aromatic carbocycles. The van der Waals surface area contributed by atoms with E-state index in [4.69, 9.17) is 9.47 Å². The Hall–Kier alpha value is -3.13. The molecule has 0 aliphatic heterocycles. The fourth-order valence-electron chi connectivity index (χ4n) is 2.62. The van der Waals surface area contributed by atoms with Gasteiger partial charge >= 0.3 is 6.09 Å². The lowest BCUT2D eigenvalue weighted by Gasteiger charge is -2.20. The highest BCUT2D eigenvalue weighted by atomic mass is 16.6. The number of nitrogens with one attached hydrogen (secondary N) is 1. The summed E-state index contributed by atoms with van der Waals surface area (Å²) in [7, 11) is 3.26. The maximum atomic E-state index is 11.6. The molecule has 0 aliphatic carbocycles. The SMILES string of the molecule is CCCNC(CCOc1ccc([N+](=O)[O-])cc1)c1ccc(OC(=O)N(C)C)cc1. The van der Waals surface area contributed by atoms with Gasteiger partial charge in [0.25, 0.3) is 5.69 Å². The zero-order valence-electron chi connectivity index (χ0n) is 17.0. The number of carbonyl (C=O) groups excluding carboxylic acids is 1. The van der Waals surface area contributed by atoms with Gasteiger partial charge in [0.15, 0.2) is 0 Å². The zero-order valence-corrected chi connectivity index (χ0v) is 17.0. The van der Waals surface area contributed by atoms with Crippen molar-refractivity contribution >= 4 is 11.8 Å². The van der Waals surface area contributed by atoms with Gasteiger partial charge in [-0.3, -0.25) is 10.1 Å². The summed E-state index contributed by atoms with van der Waals surface area (Å²) in [5.74, 6) is 1.08. The quantitative estimate of drug-likeness (QED) is 0.474. The summed E-state index contributed by atoms with van der Waals surface area (Å²) in [6.07, 6.45) is 1.29. The molecule has 2 rings (SSSR count). The van der Waals surface area contributed by atoms with Crippen molar-refractivity contribution in [2.24, 2.45) is 0 Å². The van der Waals surface area contributed by atoms with Crippen molar-refractivity contribution in [1.82, 2.24) is 10.2 Å². The topological polar surface area (TPSA) is 93.9 Å². The molecule has 0 aliphatic rings. The second-order valence-electron chi connectivity index (χ2n) is 6.73. The number of hydrogen-bond acceptors (Lipinski definition) is 6. The molecule has 0 spiro atoms. The third-order valence-corrected chi connectivity index (χ3v) is 4.22. The van der Waals surface area contributed by atoms with Crippen LogP contribution in [0, 0.1) is 10.1 Å². The lowest BCUT2D eigenvalue weighted by molar-refractivity contribution is -0.384. The van der Waals surface area contributed by atoms with Crippen molar-refractivity contribution in [3.8, 4) is 11.5 Å². The Morgan fingerprint density at radius 2 is 1.72 bits per heavy atom. The monoisotopic (exact) mass is 401 g/mol. The number of nitro groups is 1. The number of carbonyl (C=O) groups is 1. The minimum absolute atomic E-state index is 0.0369. The Labute approximate surface area is 170 Å². The molecule has 0 fully saturated rings. The van der Waals surface area contributed by atoms with E-state index in [-0.39, 0.29) is 11.7 Å². The van der Waals surface area contributed by atoms with Gasteiger partial charge in [-0.25, -0.2) is 4.79 Å². The fourth-order valence-corrected chi connectivity index (χ4v) is 2.62. The fraction of sp³-hybridized carbons (Fsp3) is 0.381. The van der Waals surface area contributed by atoms with Crippen LogP contribution in [0.3, 0.4) is 0 Å². The molecule has 0 radical (unpaired) electrons. The third-order valence-electron chi connectivity index (χ3n) is 4.22. The molecule has 1 atom stereocenters. The van der Waals surface area contributed by atoms with Crippen molar-refractivity contribution in [2.75, 3.05) is 27.2 Å². The highest BCUT2D eigenvalue weighted by Crippen LogP contribution is 2.22. The summed E-state index contributed by atoms with van der Waals surface area (Å²) in [6, 6.07) is 13.5. The first kappa shape index (κ1) is 22.2. The number of hydrogen-bond donors (Lipinski definition) is 1. The van der Waals surface area contributed by atoms with Gasteiger partial charge < -0.3 is 19.7 Å². The largest absolute Gasteiger partial charge is 0.494 e. The zero-order chi connectivity index (χ0) is 21.2.